The molecule has 1 saturated carbocycles. The summed E-state index contributed by atoms with van der Waals surface area (Å²) in [6.07, 6.45) is 7.24. The second-order valence-corrected chi connectivity index (χ2v) is 5.19. The van der Waals surface area contributed by atoms with E-state index in [2.05, 4.69) is 14.9 Å². The predicted octanol–water partition coefficient (Wildman–Crippen LogP) is 1.75. The minimum Gasteiger partial charge on any atom is -0.395 e. The number of anilines is 1. The molecule has 1 aromatic heterocycles. The zero-order valence-electron chi connectivity index (χ0n) is 10.9. The van der Waals surface area contributed by atoms with Gasteiger partial charge in [0.15, 0.2) is 0 Å². The third-order valence-corrected chi connectivity index (χ3v) is 3.98. The minimum absolute atomic E-state index is 0.0585. The summed E-state index contributed by atoms with van der Waals surface area (Å²) < 4.78 is 0. The van der Waals surface area contributed by atoms with Gasteiger partial charge in [-0.2, -0.15) is 0 Å². The summed E-state index contributed by atoms with van der Waals surface area (Å²) in [6, 6.07) is 0.358. The molecule has 0 atom stereocenters. The van der Waals surface area contributed by atoms with E-state index < -0.39 is 0 Å². The van der Waals surface area contributed by atoms with Crippen molar-refractivity contribution >= 4 is 17.4 Å². The first-order valence-corrected chi connectivity index (χ1v) is 7.13. The molecule has 0 amide bonds. The smallest absolute Gasteiger partial charge is 0.140 e. The van der Waals surface area contributed by atoms with E-state index in [4.69, 9.17) is 11.6 Å². The summed E-state index contributed by atoms with van der Waals surface area (Å²) in [4.78, 5) is 10.2. The van der Waals surface area contributed by atoms with Crippen LogP contribution in [0.3, 0.4) is 0 Å². The third-order valence-electron chi connectivity index (χ3n) is 3.66. The van der Waals surface area contributed by atoms with E-state index in [1.54, 1.807) is 0 Å². The van der Waals surface area contributed by atoms with Crippen LogP contribution < -0.4 is 4.90 Å². The van der Waals surface area contributed by atoms with E-state index in [1.165, 1.54) is 25.6 Å². The second kappa shape index (κ2) is 7.03. The fourth-order valence-electron chi connectivity index (χ4n) is 2.73. The van der Waals surface area contributed by atoms with Gasteiger partial charge in [-0.05, 0) is 12.8 Å². The Kier molecular flexibility index (Phi) is 5.36. The van der Waals surface area contributed by atoms with E-state index in [0.29, 0.717) is 24.0 Å². The molecule has 19 heavy (non-hydrogen) atoms. The van der Waals surface area contributed by atoms with Gasteiger partial charge in [0.25, 0.3) is 0 Å². The Morgan fingerprint density at radius 2 is 1.95 bits per heavy atom. The highest BCUT2D eigenvalue weighted by Gasteiger charge is 2.24. The van der Waals surface area contributed by atoms with Gasteiger partial charge in [-0.3, -0.25) is 0 Å². The molecule has 106 valence electrons. The molecule has 1 aliphatic carbocycles. The molecular formula is C13H20ClN3O2. The lowest BCUT2D eigenvalue weighted by molar-refractivity contribution is 0.276. The Balaban J connectivity index is 2.29. The SMILES string of the molecule is OCCN(c1ncnc(Cl)c1CO)C1CCCCC1. The summed E-state index contributed by atoms with van der Waals surface area (Å²) in [7, 11) is 0. The molecule has 1 heterocycles. The number of aromatic nitrogens is 2. The maximum atomic E-state index is 9.46. The maximum absolute atomic E-state index is 9.46. The van der Waals surface area contributed by atoms with Gasteiger partial charge >= 0.3 is 0 Å². The van der Waals surface area contributed by atoms with Crippen molar-refractivity contribution in [3.63, 3.8) is 0 Å². The van der Waals surface area contributed by atoms with Crippen molar-refractivity contribution in [2.75, 3.05) is 18.1 Å². The van der Waals surface area contributed by atoms with Gasteiger partial charge in [-0.25, -0.2) is 9.97 Å². The average molecular weight is 286 g/mol. The molecule has 1 aromatic rings. The number of halogens is 1. The van der Waals surface area contributed by atoms with Crippen molar-refractivity contribution in [2.24, 2.45) is 0 Å². The van der Waals surface area contributed by atoms with Gasteiger partial charge in [0.1, 0.15) is 17.3 Å². The molecule has 1 fully saturated rings. The first-order chi connectivity index (χ1) is 9.27. The standard InChI is InChI=1S/C13H20ClN3O2/c14-12-11(8-19)13(16-9-15-12)17(6-7-18)10-4-2-1-3-5-10/h9-10,18-19H,1-8H2. The molecule has 0 aliphatic heterocycles. The van der Waals surface area contributed by atoms with Gasteiger partial charge in [-0.15, -0.1) is 0 Å². The number of aliphatic hydroxyl groups is 2. The molecule has 0 spiro atoms. The molecule has 2 N–H and O–H groups in total. The van der Waals surface area contributed by atoms with Crippen LogP contribution in [0.5, 0.6) is 0 Å². The highest BCUT2D eigenvalue weighted by atomic mass is 35.5. The fourth-order valence-corrected chi connectivity index (χ4v) is 2.92. The molecule has 1 aliphatic rings. The normalized spacial score (nSPS) is 16.6. The molecule has 0 aromatic carbocycles. The molecule has 6 heteroatoms. The quantitative estimate of drug-likeness (QED) is 0.807. The summed E-state index contributed by atoms with van der Waals surface area (Å²) in [5.74, 6) is 0.656. The number of hydrogen-bond acceptors (Lipinski definition) is 5. The van der Waals surface area contributed by atoms with E-state index >= 15 is 0 Å². The van der Waals surface area contributed by atoms with Gasteiger partial charge < -0.3 is 15.1 Å². The van der Waals surface area contributed by atoms with Crippen LogP contribution in [0.4, 0.5) is 5.82 Å². The van der Waals surface area contributed by atoms with Gasteiger partial charge in [0, 0.05) is 12.6 Å². The van der Waals surface area contributed by atoms with Crippen molar-refractivity contribution in [1.82, 2.24) is 9.97 Å². The lowest BCUT2D eigenvalue weighted by atomic mass is 9.94. The number of rotatable bonds is 5. The highest BCUT2D eigenvalue weighted by Crippen LogP contribution is 2.30. The summed E-state index contributed by atoms with van der Waals surface area (Å²) in [5, 5.41) is 19.0. The molecule has 0 bridgehead atoms. The summed E-state index contributed by atoms with van der Waals surface area (Å²) >= 11 is 6.01. The Hall–Kier alpha value is -0.910. The topological polar surface area (TPSA) is 69.5 Å². The maximum Gasteiger partial charge on any atom is 0.140 e. The molecule has 2 rings (SSSR count). The van der Waals surface area contributed by atoms with Crippen LogP contribution in [0.2, 0.25) is 5.15 Å². The molecule has 0 unspecified atom stereocenters. The minimum atomic E-state index is -0.191. The average Bonchev–Trinajstić information content (AvgIpc) is 2.45. The van der Waals surface area contributed by atoms with Crippen molar-refractivity contribution in [3.05, 3.63) is 17.0 Å². The van der Waals surface area contributed by atoms with E-state index in [-0.39, 0.29) is 18.4 Å². The zero-order valence-corrected chi connectivity index (χ0v) is 11.7. The van der Waals surface area contributed by atoms with Crippen LogP contribution in [0.25, 0.3) is 0 Å². The molecule has 5 nitrogen and oxygen atoms in total. The lowest BCUT2D eigenvalue weighted by Gasteiger charge is -2.35. The third kappa shape index (κ3) is 3.35. The zero-order chi connectivity index (χ0) is 13.7. The first kappa shape index (κ1) is 14.5. The largest absolute Gasteiger partial charge is 0.395 e. The van der Waals surface area contributed by atoms with Crippen LogP contribution in [0.15, 0.2) is 6.33 Å². The Bertz CT molecular complexity index is 411. The highest BCUT2D eigenvalue weighted by molar-refractivity contribution is 6.30. The van der Waals surface area contributed by atoms with Crippen LogP contribution in [-0.2, 0) is 6.61 Å². The first-order valence-electron chi connectivity index (χ1n) is 6.75. The van der Waals surface area contributed by atoms with Crippen molar-refractivity contribution in [1.29, 1.82) is 0 Å². The Labute approximate surface area is 118 Å². The Morgan fingerprint density at radius 1 is 1.21 bits per heavy atom. The van der Waals surface area contributed by atoms with Crippen molar-refractivity contribution < 1.29 is 10.2 Å². The van der Waals surface area contributed by atoms with Crippen LogP contribution in [-0.4, -0.2) is 39.4 Å². The van der Waals surface area contributed by atoms with Crippen LogP contribution >= 0.6 is 11.6 Å². The van der Waals surface area contributed by atoms with Crippen LogP contribution in [0.1, 0.15) is 37.7 Å². The van der Waals surface area contributed by atoms with E-state index in [0.717, 1.165) is 12.8 Å². The Morgan fingerprint density at radius 3 is 2.58 bits per heavy atom. The molecule has 0 saturated heterocycles. The number of nitrogens with zero attached hydrogens (tertiary/aromatic N) is 3. The second-order valence-electron chi connectivity index (χ2n) is 4.83. The molecule has 0 radical (unpaired) electrons. The number of aliphatic hydroxyl groups excluding tert-OH is 2. The van der Waals surface area contributed by atoms with Gasteiger partial charge in [-0.1, -0.05) is 30.9 Å². The summed E-state index contributed by atoms with van der Waals surface area (Å²) in [6.45, 7) is 0.373. The predicted molar refractivity (Wildman–Crippen MR) is 74.3 cm³/mol. The van der Waals surface area contributed by atoms with E-state index in [1.807, 2.05) is 0 Å². The van der Waals surface area contributed by atoms with Gasteiger partial charge in [0.2, 0.25) is 0 Å². The monoisotopic (exact) mass is 285 g/mol. The van der Waals surface area contributed by atoms with E-state index in [9.17, 15) is 10.2 Å². The fraction of sp³-hybridized carbons (Fsp3) is 0.692. The number of hydrogen-bond donors (Lipinski definition) is 2. The van der Waals surface area contributed by atoms with Crippen molar-refractivity contribution in [2.45, 2.75) is 44.8 Å². The molecular weight excluding hydrogens is 266 g/mol. The van der Waals surface area contributed by atoms with Crippen LogP contribution in [0, 0.1) is 0 Å². The van der Waals surface area contributed by atoms with Crippen molar-refractivity contribution in [3.8, 4) is 0 Å². The van der Waals surface area contributed by atoms with Gasteiger partial charge in [0.05, 0.1) is 18.8 Å². The lowest BCUT2D eigenvalue weighted by Crippen LogP contribution is -2.40. The summed E-state index contributed by atoms with van der Waals surface area (Å²) in [5.41, 5.74) is 0.545.